The van der Waals surface area contributed by atoms with E-state index in [0.717, 1.165) is 16.9 Å². The summed E-state index contributed by atoms with van der Waals surface area (Å²) in [6.07, 6.45) is 0. The molecule has 0 fully saturated rings. The summed E-state index contributed by atoms with van der Waals surface area (Å²) in [6.45, 7) is 5.43. The second-order valence-corrected chi connectivity index (χ2v) is 3.11. The maximum atomic E-state index is 10.6. The van der Waals surface area contributed by atoms with Gasteiger partial charge in [0.2, 0.25) is 0 Å². The highest BCUT2D eigenvalue weighted by molar-refractivity contribution is 5.70. The van der Waals surface area contributed by atoms with E-state index in [4.69, 9.17) is 9.47 Å². The van der Waals surface area contributed by atoms with E-state index in [1.165, 1.54) is 6.92 Å². The van der Waals surface area contributed by atoms with E-state index in [2.05, 4.69) is 6.58 Å². The third-order valence-electron chi connectivity index (χ3n) is 1.95. The van der Waals surface area contributed by atoms with Gasteiger partial charge in [-0.2, -0.15) is 0 Å². The van der Waals surface area contributed by atoms with Gasteiger partial charge >= 0.3 is 5.97 Å². The molecule has 0 amide bonds. The van der Waals surface area contributed by atoms with Crippen molar-refractivity contribution in [2.24, 2.45) is 0 Å². The molecule has 0 atom stereocenters. The highest BCUT2D eigenvalue weighted by Gasteiger charge is 2.01. The lowest BCUT2D eigenvalue weighted by Gasteiger charge is -2.06. The minimum absolute atomic E-state index is 0.224. The Labute approximate surface area is 89.3 Å². The standard InChI is InChI=1S/C12H14O3/c1-9(8-15-10(2)13)11-4-6-12(14-3)7-5-11/h4-7H,1,8H2,2-3H3. The van der Waals surface area contributed by atoms with Crippen LogP contribution in [0.1, 0.15) is 12.5 Å². The van der Waals surface area contributed by atoms with Crippen molar-refractivity contribution in [3.8, 4) is 5.75 Å². The summed E-state index contributed by atoms with van der Waals surface area (Å²) >= 11 is 0. The number of ether oxygens (including phenoxy) is 2. The molecule has 3 heteroatoms. The molecule has 3 nitrogen and oxygen atoms in total. The zero-order valence-electron chi connectivity index (χ0n) is 8.95. The Morgan fingerprint density at radius 3 is 2.40 bits per heavy atom. The largest absolute Gasteiger partial charge is 0.497 e. The van der Waals surface area contributed by atoms with E-state index in [9.17, 15) is 4.79 Å². The van der Waals surface area contributed by atoms with Gasteiger partial charge in [0.05, 0.1) is 7.11 Å². The van der Waals surface area contributed by atoms with E-state index in [1.54, 1.807) is 7.11 Å². The molecule has 0 N–H and O–H groups in total. The molecule has 0 aliphatic carbocycles. The van der Waals surface area contributed by atoms with Gasteiger partial charge in [0.15, 0.2) is 0 Å². The van der Waals surface area contributed by atoms with Gasteiger partial charge in [-0.05, 0) is 23.3 Å². The van der Waals surface area contributed by atoms with Gasteiger partial charge in [-0.1, -0.05) is 18.7 Å². The Morgan fingerprint density at radius 1 is 1.33 bits per heavy atom. The van der Waals surface area contributed by atoms with Crippen molar-refractivity contribution in [2.75, 3.05) is 13.7 Å². The second kappa shape index (κ2) is 5.20. The third kappa shape index (κ3) is 3.46. The second-order valence-electron chi connectivity index (χ2n) is 3.11. The molecule has 0 radical (unpaired) electrons. The van der Waals surface area contributed by atoms with E-state index < -0.39 is 0 Å². The van der Waals surface area contributed by atoms with Crippen LogP contribution in [0.2, 0.25) is 0 Å². The minimum Gasteiger partial charge on any atom is -0.497 e. The van der Waals surface area contributed by atoms with Crippen molar-refractivity contribution in [3.05, 3.63) is 36.4 Å². The molecule has 1 rings (SSSR count). The number of esters is 1. The number of benzene rings is 1. The average Bonchev–Trinajstić information content (AvgIpc) is 2.26. The van der Waals surface area contributed by atoms with Crippen molar-refractivity contribution >= 4 is 11.5 Å². The molecule has 0 aromatic heterocycles. The van der Waals surface area contributed by atoms with Crippen LogP contribution in [0.5, 0.6) is 5.75 Å². The molecule has 0 saturated heterocycles. The van der Waals surface area contributed by atoms with Crippen molar-refractivity contribution < 1.29 is 14.3 Å². The quantitative estimate of drug-likeness (QED) is 0.709. The predicted molar refractivity (Wildman–Crippen MR) is 58.7 cm³/mol. The summed E-state index contributed by atoms with van der Waals surface area (Å²) in [4.78, 5) is 10.6. The van der Waals surface area contributed by atoms with Gasteiger partial charge < -0.3 is 9.47 Å². The van der Waals surface area contributed by atoms with Crippen molar-refractivity contribution in [1.82, 2.24) is 0 Å². The first-order chi connectivity index (χ1) is 7.13. The predicted octanol–water partition coefficient (Wildman–Crippen LogP) is 2.27. The van der Waals surface area contributed by atoms with Crippen LogP contribution in [0.15, 0.2) is 30.8 Å². The Balaban J connectivity index is 2.62. The van der Waals surface area contributed by atoms with Crippen LogP contribution < -0.4 is 4.74 Å². The zero-order chi connectivity index (χ0) is 11.3. The van der Waals surface area contributed by atoms with Gasteiger partial charge in [0.25, 0.3) is 0 Å². The summed E-state index contributed by atoms with van der Waals surface area (Å²) in [7, 11) is 1.61. The molecule has 15 heavy (non-hydrogen) atoms. The van der Waals surface area contributed by atoms with E-state index in [-0.39, 0.29) is 12.6 Å². The van der Waals surface area contributed by atoms with Crippen LogP contribution in [0.25, 0.3) is 5.57 Å². The summed E-state index contributed by atoms with van der Waals surface area (Å²) in [5, 5.41) is 0. The van der Waals surface area contributed by atoms with Crippen molar-refractivity contribution in [1.29, 1.82) is 0 Å². The highest BCUT2D eigenvalue weighted by atomic mass is 16.5. The first-order valence-electron chi connectivity index (χ1n) is 4.59. The normalized spacial score (nSPS) is 9.47. The molecule has 0 aliphatic heterocycles. The average molecular weight is 206 g/mol. The lowest BCUT2D eigenvalue weighted by atomic mass is 10.1. The van der Waals surface area contributed by atoms with Crippen LogP contribution >= 0.6 is 0 Å². The molecule has 0 spiro atoms. The fourth-order valence-corrected chi connectivity index (χ4v) is 1.10. The lowest BCUT2D eigenvalue weighted by molar-refractivity contribution is -0.139. The highest BCUT2D eigenvalue weighted by Crippen LogP contribution is 2.17. The molecule has 0 aliphatic rings. The fourth-order valence-electron chi connectivity index (χ4n) is 1.10. The number of rotatable bonds is 4. The molecule has 0 heterocycles. The molecular weight excluding hydrogens is 192 g/mol. The summed E-state index contributed by atoms with van der Waals surface area (Å²) in [5.74, 6) is 0.490. The van der Waals surface area contributed by atoms with Crippen molar-refractivity contribution in [2.45, 2.75) is 6.92 Å². The maximum absolute atomic E-state index is 10.6. The molecular formula is C12H14O3. The van der Waals surface area contributed by atoms with E-state index in [0.29, 0.717) is 0 Å². The monoisotopic (exact) mass is 206 g/mol. The van der Waals surface area contributed by atoms with Crippen molar-refractivity contribution in [3.63, 3.8) is 0 Å². The lowest BCUT2D eigenvalue weighted by Crippen LogP contribution is -2.01. The Hall–Kier alpha value is -1.77. The number of carbonyl (C=O) groups is 1. The Bertz CT molecular complexity index is 352. The first kappa shape index (κ1) is 11.3. The summed E-state index contributed by atoms with van der Waals surface area (Å²) in [5.41, 5.74) is 1.71. The van der Waals surface area contributed by atoms with Crippen LogP contribution in [-0.2, 0) is 9.53 Å². The van der Waals surface area contributed by atoms with Crippen LogP contribution in [-0.4, -0.2) is 19.7 Å². The van der Waals surface area contributed by atoms with Gasteiger partial charge in [-0.15, -0.1) is 0 Å². The SMILES string of the molecule is C=C(COC(C)=O)c1ccc(OC)cc1. The van der Waals surface area contributed by atoms with Crippen LogP contribution in [0.3, 0.4) is 0 Å². The number of hydrogen-bond acceptors (Lipinski definition) is 3. The molecule has 1 aromatic carbocycles. The zero-order valence-corrected chi connectivity index (χ0v) is 8.95. The Morgan fingerprint density at radius 2 is 1.93 bits per heavy atom. The molecule has 1 aromatic rings. The van der Waals surface area contributed by atoms with Gasteiger partial charge in [-0.3, -0.25) is 4.79 Å². The maximum Gasteiger partial charge on any atom is 0.302 e. The number of carbonyl (C=O) groups excluding carboxylic acids is 1. The molecule has 0 saturated carbocycles. The first-order valence-corrected chi connectivity index (χ1v) is 4.59. The topological polar surface area (TPSA) is 35.5 Å². The van der Waals surface area contributed by atoms with Crippen LogP contribution in [0, 0.1) is 0 Å². The van der Waals surface area contributed by atoms with E-state index >= 15 is 0 Å². The molecule has 0 unspecified atom stereocenters. The summed E-state index contributed by atoms with van der Waals surface area (Å²) < 4.78 is 9.88. The third-order valence-corrected chi connectivity index (χ3v) is 1.95. The smallest absolute Gasteiger partial charge is 0.302 e. The number of hydrogen-bond donors (Lipinski definition) is 0. The molecule has 80 valence electrons. The van der Waals surface area contributed by atoms with Crippen LogP contribution in [0.4, 0.5) is 0 Å². The van der Waals surface area contributed by atoms with E-state index in [1.807, 2.05) is 24.3 Å². The summed E-state index contributed by atoms with van der Waals surface area (Å²) in [6, 6.07) is 7.44. The Kier molecular flexibility index (Phi) is 3.92. The molecule has 0 bridgehead atoms. The fraction of sp³-hybridized carbons (Fsp3) is 0.250. The van der Waals surface area contributed by atoms with Gasteiger partial charge in [0, 0.05) is 6.92 Å². The van der Waals surface area contributed by atoms with Gasteiger partial charge in [-0.25, -0.2) is 0 Å². The minimum atomic E-state index is -0.301. The number of methoxy groups -OCH3 is 1. The van der Waals surface area contributed by atoms with Gasteiger partial charge in [0.1, 0.15) is 12.4 Å².